The number of nitrogens with one attached hydrogen (secondary N) is 2. The van der Waals surface area contributed by atoms with E-state index in [1.54, 1.807) is 17.8 Å². The first-order valence-electron chi connectivity index (χ1n) is 22.5. The molecule has 64 heavy (non-hydrogen) atoms. The van der Waals surface area contributed by atoms with Gasteiger partial charge in [-0.3, -0.25) is 33.8 Å². The Morgan fingerprint density at radius 1 is 0.906 bits per heavy atom. The summed E-state index contributed by atoms with van der Waals surface area (Å²) in [6, 6.07) is 13.7. The van der Waals surface area contributed by atoms with Gasteiger partial charge in [0.05, 0.1) is 43.4 Å². The fourth-order valence-electron chi connectivity index (χ4n) is 9.33. The van der Waals surface area contributed by atoms with Gasteiger partial charge in [-0.25, -0.2) is 9.78 Å². The Morgan fingerprint density at radius 2 is 1.64 bits per heavy atom. The molecule has 1 aliphatic carbocycles. The number of aromatic nitrogens is 5. The number of aryl methyl sites for hydroxylation is 2. The third kappa shape index (κ3) is 10.9. The van der Waals surface area contributed by atoms with Gasteiger partial charge in [-0.1, -0.05) is 36.4 Å². The lowest BCUT2D eigenvalue weighted by molar-refractivity contribution is -0.136. The highest BCUT2D eigenvalue weighted by Crippen LogP contribution is 2.37. The number of aliphatic hydroxyl groups excluding tert-OH is 1. The highest BCUT2D eigenvalue weighted by atomic mass is 19.4. The summed E-state index contributed by atoms with van der Waals surface area (Å²) in [6.07, 6.45) is 3.17. The van der Waals surface area contributed by atoms with Crippen LogP contribution < -0.4 is 16.3 Å². The number of piperazine rings is 1. The zero-order valence-electron chi connectivity index (χ0n) is 36.3. The van der Waals surface area contributed by atoms with E-state index < -0.39 is 24.5 Å². The average molecular weight is 890 g/mol. The maximum Gasteiger partial charge on any atom is 0.390 e. The molecule has 0 radical (unpaired) electrons. The smallest absolute Gasteiger partial charge is 0.390 e. The van der Waals surface area contributed by atoms with Crippen molar-refractivity contribution < 1.29 is 37.3 Å². The van der Waals surface area contributed by atoms with Crippen LogP contribution in [0.1, 0.15) is 74.6 Å². The number of amides is 2. The Hall–Kier alpha value is -5.14. The number of anilines is 1. The van der Waals surface area contributed by atoms with E-state index in [-0.39, 0.29) is 42.7 Å². The van der Waals surface area contributed by atoms with Crippen LogP contribution in [0.15, 0.2) is 59.7 Å². The van der Waals surface area contributed by atoms with Crippen molar-refractivity contribution in [3.63, 3.8) is 0 Å². The second-order valence-electron chi connectivity index (χ2n) is 17.2. The number of halogens is 3. The molecule has 8 rings (SSSR count). The average Bonchev–Trinajstić information content (AvgIpc) is 3.77. The summed E-state index contributed by atoms with van der Waals surface area (Å²) < 4.78 is 55.3. The van der Waals surface area contributed by atoms with Crippen LogP contribution in [0.4, 0.5) is 19.1 Å². The van der Waals surface area contributed by atoms with Crippen molar-refractivity contribution in [1.29, 1.82) is 0 Å². The van der Waals surface area contributed by atoms with Gasteiger partial charge in [0.25, 0.3) is 0 Å². The zero-order chi connectivity index (χ0) is 44.8. The molecule has 1 atom stereocenters. The maximum absolute atomic E-state index is 13.2. The van der Waals surface area contributed by atoms with Crippen molar-refractivity contribution in [3.05, 3.63) is 76.5 Å². The number of carbonyl (C=O) groups is 2. The highest BCUT2D eigenvalue weighted by molar-refractivity contribution is 6.00. The van der Waals surface area contributed by atoms with Gasteiger partial charge in [-0.05, 0) is 67.7 Å². The molecule has 3 aliphatic rings. The Morgan fingerprint density at radius 3 is 2.38 bits per heavy atom. The third-order valence-corrected chi connectivity index (χ3v) is 12.8. The molecule has 0 unspecified atom stereocenters. The van der Waals surface area contributed by atoms with Gasteiger partial charge in [-0.2, -0.15) is 18.2 Å². The van der Waals surface area contributed by atoms with Crippen molar-refractivity contribution in [3.8, 4) is 11.1 Å². The Kier molecular flexibility index (Phi) is 14.5. The number of benzene rings is 2. The lowest BCUT2D eigenvalue weighted by atomic mass is 9.93. The lowest BCUT2D eigenvalue weighted by Gasteiger charge is -2.34. The molecular weight excluding hydrogens is 832 g/mol. The van der Waals surface area contributed by atoms with Crippen molar-refractivity contribution in [2.45, 2.75) is 88.7 Å². The molecule has 2 aliphatic heterocycles. The molecule has 15 nitrogen and oxygen atoms in total. The van der Waals surface area contributed by atoms with E-state index in [1.165, 1.54) is 10.1 Å². The quantitative estimate of drug-likeness (QED) is 0.0769. The summed E-state index contributed by atoms with van der Waals surface area (Å²) in [5.41, 5.74) is 6.10. The number of aliphatic hydroxyl groups is 1. The normalized spacial score (nSPS) is 20.4. The lowest BCUT2D eigenvalue weighted by Crippen LogP contribution is -2.46. The number of nitrogens with zero attached hydrogens (tertiary/aromatic N) is 7. The van der Waals surface area contributed by atoms with E-state index in [4.69, 9.17) is 9.47 Å². The molecule has 2 amide bonds. The molecule has 3 fully saturated rings. The molecule has 2 saturated heterocycles. The Balaban J connectivity index is 0.748. The Bertz CT molecular complexity index is 2450. The van der Waals surface area contributed by atoms with Crippen molar-refractivity contribution in [1.82, 2.24) is 38.8 Å². The summed E-state index contributed by atoms with van der Waals surface area (Å²) >= 11 is 0. The predicted molar refractivity (Wildman–Crippen MR) is 236 cm³/mol. The summed E-state index contributed by atoms with van der Waals surface area (Å²) in [6.45, 7) is 7.40. The van der Waals surface area contributed by atoms with E-state index in [0.29, 0.717) is 63.3 Å². The largest absolute Gasteiger partial charge is 0.393 e. The van der Waals surface area contributed by atoms with Gasteiger partial charge >= 0.3 is 11.9 Å². The Labute approximate surface area is 369 Å². The minimum absolute atomic E-state index is 0.129. The molecule has 5 aromatic rings. The SMILES string of the molecule is Cn1c(=O)n([C@H]2CCC(=O)NC2=O)c2cccc(CCCOCCOCCN3CCN(Cc4ccc(-c5cn(C6CCC(O)CC6)c6nc(NCCC(F)(F)F)ncc56)cc4)CC3)c21. The summed E-state index contributed by atoms with van der Waals surface area (Å²) in [7, 11) is 1.71. The number of hydrogen-bond acceptors (Lipinski definition) is 11. The number of carbonyl (C=O) groups excluding carboxylic acids is 2. The molecular formula is C46H58F3N9O6. The van der Waals surface area contributed by atoms with Gasteiger partial charge in [0.15, 0.2) is 0 Å². The van der Waals surface area contributed by atoms with Crippen LogP contribution in [0.25, 0.3) is 33.2 Å². The minimum Gasteiger partial charge on any atom is -0.393 e. The highest BCUT2D eigenvalue weighted by Gasteiger charge is 2.32. The van der Waals surface area contributed by atoms with Gasteiger partial charge in [0.2, 0.25) is 17.8 Å². The summed E-state index contributed by atoms with van der Waals surface area (Å²) in [5, 5.41) is 16.1. The molecule has 3 N–H and O–H groups in total. The van der Waals surface area contributed by atoms with Gasteiger partial charge in [-0.15, -0.1) is 0 Å². The van der Waals surface area contributed by atoms with Crippen molar-refractivity contribution in [2.24, 2.45) is 7.05 Å². The molecule has 1 saturated carbocycles. The first-order chi connectivity index (χ1) is 30.9. The number of rotatable bonds is 18. The van der Waals surface area contributed by atoms with Crippen LogP contribution in [-0.4, -0.2) is 128 Å². The summed E-state index contributed by atoms with van der Waals surface area (Å²) in [5.74, 6) is -0.587. The number of hydrogen-bond donors (Lipinski definition) is 3. The number of ether oxygens (including phenoxy) is 2. The second kappa shape index (κ2) is 20.4. The van der Waals surface area contributed by atoms with E-state index >= 15 is 0 Å². The van der Waals surface area contributed by atoms with E-state index in [1.807, 2.05) is 18.2 Å². The first-order valence-corrected chi connectivity index (χ1v) is 22.5. The maximum atomic E-state index is 13.2. The van der Waals surface area contributed by atoms with E-state index in [2.05, 4.69) is 65.4 Å². The van der Waals surface area contributed by atoms with Gasteiger partial charge < -0.3 is 24.5 Å². The number of alkyl halides is 3. The van der Waals surface area contributed by atoms with E-state index in [0.717, 1.165) is 86.1 Å². The zero-order valence-corrected chi connectivity index (χ0v) is 36.3. The van der Waals surface area contributed by atoms with Gasteiger partial charge in [0.1, 0.15) is 11.7 Å². The molecule has 0 spiro atoms. The van der Waals surface area contributed by atoms with E-state index in [9.17, 15) is 32.7 Å². The molecule has 2 aromatic carbocycles. The number of imidazole rings is 1. The van der Waals surface area contributed by atoms with Crippen LogP contribution in [0.3, 0.4) is 0 Å². The summed E-state index contributed by atoms with van der Waals surface area (Å²) in [4.78, 5) is 51.4. The predicted octanol–water partition coefficient (Wildman–Crippen LogP) is 5.35. The van der Waals surface area contributed by atoms with Crippen LogP contribution >= 0.6 is 0 Å². The molecule has 3 aromatic heterocycles. The van der Waals surface area contributed by atoms with Crippen molar-refractivity contribution >= 4 is 39.8 Å². The van der Waals surface area contributed by atoms with Gasteiger partial charge in [0, 0.05) is 95.3 Å². The van der Waals surface area contributed by atoms with Crippen LogP contribution in [0, 0.1) is 0 Å². The molecule has 18 heteroatoms. The minimum atomic E-state index is -4.27. The monoisotopic (exact) mass is 889 g/mol. The fourth-order valence-corrected chi connectivity index (χ4v) is 9.33. The van der Waals surface area contributed by atoms with Crippen LogP contribution in [-0.2, 0) is 39.1 Å². The standard InChI is InChI=1S/C46H58F3N9O6/c1-54-41-33(4-2-6-38(41)58(45(54)62)39-15-16-40(60)52-43(39)61)5-3-24-63-26-27-64-25-23-55-19-21-56(22-20-55)29-31-7-9-32(10-8-31)37-30-57(34-11-13-35(59)14-12-34)42-36(37)28-51-44(53-42)50-18-17-46(47,48)49/h2,4,6-10,28,30,34-35,39,59H,3,5,11-27,29H2,1H3,(H,50,51,53)(H,52,60,61)/t34?,35?,39-/m0/s1. The molecule has 344 valence electrons. The number of fused-ring (bicyclic) bond motifs is 2. The topological polar surface area (TPSA) is 161 Å². The molecule has 0 bridgehead atoms. The third-order valence-electron chi connectivity index (χ3n) is 12.8. The fraction of sp³-hybridized carbons (Fsp3) is 0.543. The van der Waals surface area contributed by atoms with Crippen LogP contribution in [0.2, 0.25) is 0 Å². The number of imide groups is 1. The second-order valence-corrected chi connectivity index (χ2v) is 17.2. The number of para-hydroxylation sites is 1. The van der Waals surface area contributed by atoms with Crippen molar-refractivity contribution in [2.75, 3.05) is 71.0 Å². The first kappa shape index (κ1) is 45.4. The molecule has 5 heterocycles. The number of piperidine rings is 1. The van der Waals surface area contributed by atoms with Crippen LogP contribution in [0.5, 0.6) is 0 Å².